The molecule has 9 heteroatoms. The van der Waals surface area contributed by atoms with Gasteiger partial charge in [0, 0.05) is 18.3 Å². The molecule has 2 aromatic rings. The summed E-state index contributed by atoms with van der Waals surface area (Å²) in [6.07, 6.45) is -3.12. The molecule has 0 atom stereocenters. The van der Waals surface area contributed by atoms with Gasteiger partial charge in [-0.2, -0.15) is 13.2 Å². The molecule has 0 aliphatic rings. The number of anilines is 1. The van der Waals surface area contributed by atoms with Gasteiger partial charge in [0.2, 0.25) is 11.8 Å². The summed E-state index contributed by atoms with van der Waals surface area (Å²) < 4.78 is 42.8. The van der Waals surface area contributed by atoms with Gasteiger partial charge in [-0.15, -0.1) is 0 Å². The highest BCUT2D eigenvalue weighted by Gasteiger charge is 2.31. The van der Waals surface area contributed by atoms with Crippen molar-refractivity contribution in [2.24, 2.45) is 0 Å². The number of nitrogens with zero attached hydrogens (tertiary/aromatic N) is 1. The molecular weight excluding hydrogens is 371 g/mol. The van der Waals surface area contributed by atoms with Gasteiger partial charge in [-0.05, 0) is 24.1 Å². The minimum atomic E-state index is -4.52. The van der Waals surface area contributed by atoms with Crippen LogP contribution in [0.25, 0.3) is 0 Å². The molecule has 0 fully saturated rings. The number of para-hydroxylation sites is 1. The summed E-state index contributed by atoms with van der Waals surface area (Å²) in [5.74, 6) is -0.311. The lowest BCUT2D eigenvalue weighted by molar-refractivity contribution is -0.137. The number of nitrogen functional groups attached to an aromatic ring is 1. The molecule has 0 saturated heterocycles. The third-order valence-electron chi connectivity index (χ3n) is 3.47. The molecule has 0 radical (unpaired) electrons. The van der Waals surface area contributed by atoms with Gasteiger partial charge in [0.15, 0.2) is 0 Å². The maximum absolute atomic E-state index is 12.5. The number of hydrogen-bond acceptors (Lipinski definition) is 4. The van der Waals surface area contributed by atoms with Crippen molar-refractivity contribution in [3.8, 4) is 5.88 Å². The lowest BCUT2D eigenvalue weighted by atomic mass is 10.1. The molecule has 1 amide bonds. The van der Waals surface area contributed by atoms with Crippen molar-refractivity contribution in [2.45, 2.75) is 19.0 Å². The number of pyridine rings is 1. The fourth-order valence-corrected chi connectivity index (χ4v) is 2.34. The van der Waals surface area contributed by atoms with Crippen molar-refractivity contribution in [1.82, 2.24) is 10.3 Å². The monoisotopic (exact) mass is 387 g/mol. The van der Waals surface area contributed by atoms with Crippen LogP contribution < -0.4 is 15.8 Å². The molecule has 1 aromatic carbocycles. The molecule has 3 N–H and O–H groups in total. The first-order chi connectivity index (χ1) is 12.3. The van der Waals surface area contributed by atoms with Crippen molar-refractivity contribution < 1.29 is 22.7 Å². The minimum Gasteiger partial charge on any atom is -0.475 e. The highest BCUT2D eigenvalue weighted by atomic mass is 35.5. The first-order valence-electron chi connectivity index (χ1n) is 7.73. The lowest BCUT2D eigenvalue weighted by Crippen LogP contribution is -2.28. The zero-order valence-electron chi connectivity index (χ0n) is 13.6. The number of halogens is 4. The second kappa shape index (κ2) is 8.75. The Labute approximate surface area is 153 Å². The average molecular weight is 388 g/mol. The summed E-state index contributed by atoms with van der Waals surface area (Å²) >= 11 is 5.72. The van der Waals surface area contributed by atoms with Gasteiger partial charge < -0.3 is 15.8 Å². The molecule has 5 nitrogen and oxygen atoms in total. The molecular formula is C17H17ClF3N3O2. The summed E-state index contributed by atoms with van der Waals surface area (Å²) in [6, 6.07) is 8.02. The van der Waals surface area contributed by atoms with Crippen molar-refractivity contribution in [3.63, 3.8) is 0 Å². The molecule has 1 aromatic heterocycles. The summed E-state index contributed by atoms with van der Waals surface area (Å²) in [5.41, 5.74) is 6.37. The van der Waals surface area contributed by atoms with Crippen molar-refractivity contribution in [1.29, 1.82) is 0 Å². The van der Waals surface area contributed by atoms with E-state index in [1.165, 1.54) is 0 Å². The lowest BCUT2D eigenvalue weighted by Gasteiger charge is -2.11. The Morgan fingerprint density at radius 1 is 1.31 bits per heavy atom. The van der Waals surface area contributed by atoms with E-state index in [2.05, 4.69) is 10.3 Å². The quantitative estimate of drug-likeness (QED) is 0.563. The highest BCUT2D eigenvalue weighted by Crippen LogP contribution is 2.32. The van der Waals surface area contributed by atoms with Crippen LogP contribution in [0.15, 0.2) is 36.5 Å². The zero-order chi connectivity index (χ0) is 19.2. The molecule has 26 heavy (non-hydrogen) atoms. The Morgan fingerprint density at radius 3 is 2.69 bits per heavy atom. The molecule has 2 rings (SSSR count). The predicted octanol–water partition coefficient (Wildman–Crippen LogP) is 3.46. The highest BCUT2D eigenvalue weighted by molar-refractivity contribution is 6.31. The van der Waals surface area contributed by atoms with Gasteiger partial charge in [-0.1, -0.05) is 29.8 Å². The molecule has 1 heterocycles. The predicted molar refractivity (Wildman–Crippen MR) is 91.9 cm³/mol. The van der Waals surface area contributed by atoms with Crippen LogP contribution in [0.5, 0.6) is 5.88 Å². The van der Waals surface area contributed by atoms with E-state index < -0.39 is 11.7 Å². The maximum Gasteiger partial charge on any atom is 0.417 e. The van der Waals surface area contributed by atoms with Gasteiger partial charge in [0.05, 0.1) is 12.1 Å². The average Bonchev–Trinajstić information content (AvgIpc) is 2.58. The molecule has 0 saturated carbocycles. The normalized spacial score (nSPS) is 11.2. The van der Waals surface area contributed by atoms with E-state index in [9.17, 15) is 18.0 Å². The number of aryl methyl sites for hydroxylation is 1. The molecule has 140 valence electrons. The Bertz CT molecular complexity index is 769. The molecule has 0 bridgehead atoms. The molecule has 0 aliphatic heterocycles. The van der Waals surface area contributed by atoms with E-state index in [1.54, 1.807) is 6.07 Å². The Hall–Kier alpha value is -2.48. The number of amides is 1. The van der Waals surface area contributed by atoms with Gasteiger partial charge in [-0.25, -0.2) is 4.98 Å². The zero-order valence-corrected chi connectivity index (χ0v) is 14.4. The molecule has 0 unspecified atom stereocenters. The van der Waals surface area contributed by atoms with Crippen LogP contribution in [0.2, 0.25) is 5.02 Å². The summed E-state index contributed by atoms with van der Waals surface area (Å²) in [6.45, 7) is 0.194. The number of ether oxygens (including phenoxy) is 1. The van der Waals surface area contributed by atoms with Gasteiger partial charge >= 0.3 is 6.18 Å². The largest absolute Gasteiger partial charge is 0.475 e. The number of aromatic nitrogens is 1. The summed E-state index contributed by atoms with van der Waals surface area (Å²) in [7, 11) is 0. The number of nitrogens with one attached hydrogen (secondary N) is 1. The third-order valence-corrected chi connectivity index (χ3v) is 3.75. The second-order valence-corrected chi connectivity index (χ2v) is 5.81. The molecule has 0 aliphatic carbocycles. The van der Waals surface area contributed by atoms with E-state index in [0.717, 1.165) is 11.6 Å². The minimum absolute atomic E-state index is 0.0251. The Balaban J connectivity index is 1.73. The van der Waals surface area contributed by atoms with Crippen molar-refractivity contribution in [2.75, 3.05) is 18.9 Å². The van der Waals surface area contributed by atoms with Crippen LogP contribution in [0.3, 0.4) is 0 Å². The van der Waals surface area contributed by atoms with Crippen molar-refractivity contribution in [3.05, 3.63) is 52.7 Å². The van der Waals surface area contributed by atoms with Gasteiger partial charge in [0.25, 0.3) is 0 Å². The number of alkyl halides is 3. The van der Waals surface area contributed by atoms with E-state index in [0.29, 0.717) is 18.3 Å². The van der Waals surface area contributed by atoms with Gasteiger partial charge in [0.1, 0.15) is 11.6 Å². The van der Waals surface area contributed by atoms with E-state index >= 15 is 0 Å². The fourth-order valence-electron chi connectivity index (χ4n) is 2.12. The van der Waals surface area contributed by atoms with Crippen LogP contribution in [0, 0.1) is 0 Å². The number of nitrogens with two attached hydrogens (primary N) is 1. The molecule has 0 spiro atoms. The number of carbonyl (C=O) groups is 1. The smallest absolute Gasteiger partial charge is 0.417 e. The van der Waals surface area contributed by atoms with Crippen LogP contribution in [-0.2, 0) is 17.4 Å². The second-order valence-electron chi connectivity index (χ2n) is 5.41. The number of rotatable bonds is 7. The summed E-state index contributed by atoms with van der Waals surface area (Å²) in [5, 5.41) is 2.40. The van der Waals surface area contributed by atoms with Crippen LogP contribution in [0.1, 0.15) is 17.5 Å². The van der Waals surface area contributed by atoms with E-state index in [4.69, 9.17) is 22.1 Å². The van der Waals surface area contributed by atoms with E-state index in [1.807, 2.05) is 18.2 Å². The third kappa shape index (κ3) is 5.80. The Kier molecular flexibility index (Phi) is 6.68. The summed E-state index contributed by atoms with van der Waals surface area (Å²) in [4.78, 5) is 15.3. The number of carbonyl (C=O) groups excluding carboxylic acids is 1. The van der Waals surface area contributed by atoms with Gasteiger partial charge in [-0.3, -0.25) is 4.79 Å². The fraction of sp³-hybridized carbons (Fsp3) is 0.294. The van der Waals surface area contributed by atoms with Crippen molar-refractivity contribution >= 4 is 23.2 Å². The number of benzene rings is 1. The first-order valence-corrected chi connectivity index (χ1v) is 8.11. The van der Waals surface area contributed by atoms with Crippen LogP contribution >= 0.6 is 11.6 Å². The Morgan fingerprint density at radius 2 is 2.04 bits per heavy atom. The van der Waals surface area contributed by atoms with E-state index in [-0.39, 0.29) is 36.4 Å². The van der Waals surface area contributed by atoms with Crippen LogP contribution in [0.4, 0.5) is 18.9 Å². The topological polar surface area (TPSA) is 77.2 Å². The van der Waals surface area contributed by atoms with Crippen LogP contribution in [-0.4, -0.2) is 24.0 Å². The standard InChI is InChI=1S/C17H17ClF3N3O2/c18-13-9-12(17(19,20)21)10-24-16(13)26-8-7-23-15(25)6-5-11-3-1-2-4-14(11)22/h1-4,9-10H,5-8,22H2,(H,23,25). The first kappa shape index (κ1) is 19.8. The SMILES string of the molecule is Nc1ccccc1CCC(=O)NCCOc1ncc(C(F)(F)F)cc1Cl. The maximum atomic E-state index is 12.5. The number of hydrogen-bond donors (Lipinski definition) is 2.